The Kier molecular flexibility index (Phi) is 12.9. The topological polar surface area (TPSA) is 20.2 Å². The lowest BCUT2D eigenvalue weighted by atomic mass is 9.85. The van der Waals surface area contributed by atoms with E-state index in [4.69, 9.17) is 5.11 Å². The summed E-state index contributed by atoms with van der Waals surface area (Å²) in [5.41, 5.74) is 4.40. The Bertz CT molecular complexity index is 510. The Labute approximate surface area is 163 Å². The minimum Gasteiger partial charge on any atom is -0.516 e. The van der Waals surface area contributed by atoms with E-state index >= 15 is 0 Å². The number of allylic oxidation sites excluding steroid dienone is 8. The van der Waals surface area contributed by atoms with Crippen LogP contribution < -0.4 is 0 Å². The first-order valence-corrected chi connectivity index (χ1v) is 10.1. The van der Waals surface area contributed by atoms with Gasteiger partial charge in [-0.15, -0.1) is 0 Å². The van der Waals surface area contributed by atoms with Gasteiger partial charge in [0.2, 0.25) is 0 Å². The number of rotatable bonds is 13. The molecular formula is C25H42O. The molecule has 0 aliphatic carbocycles. The summed E-state index contributed by atoms with van der Waals surface area (Å²) >= 11 is 0. The summed E-state index contributed by atoms with van der Waals surface area (Å²) in [5, 5.41) is 8.77. The van der Waals surface area contributed by atoms with Crippen molar-refractivity contribution in [3.63, 3.8) is 0 Å². The van der Waals surface area contributed by atoms with Crippen LogP contribution in [0.25, 0.3) is 0 Å². The zero-order valence-electron chi connectivity index (χ0n) is 18.1. The van der Waals surface area contributed by atoms with E-state index in [9.17, 15) is 0 Å². The molecule has 0 aliphatic rings. The number of hydrogen-bond acceptors (Lipinski definition) is 1. The van der Waals surface area contributed by atoms with Crippen molar-refractivity contribution in [3.05, 3.63) is 59.9 Å². The fourth-order valence-electron chi connectivity index (χ4n) is 2.70. The second-order valence-corrected chi connectivity index (χ2v) is 8.61. The molecule has 0 amide bonds. The van der Waals surface area contributed by atoms with Gasteiger partial charge >= 0.3 is 0 Å². The third-order valence-electron chi connectivity index (χ3n) is 4.73. The molecule has 0 aromatic heterocycles. The van der Waals surface area contributed by atoms with Crippen molar-refractivity contribution in [2.24, 2.45) is 11.3 Å². The van der Waals surface area contributed by atoms with Crippen LogP contribution in [0.1, 0.15) is 86.5 Å². The summed E-state index contributed by atoms with van der Waals surface area (Å²) in [7, 11) is 0. The Morgan fingerprint density at radius 2 is 1.77 bits per heavy atom. The van der Waals surface area contributed by atoms with E-state index in [1.54, 1.807) is 0 Å². The molecule has 0 spiro atoms. The Morgan fingerprint density at radius 1 is 1.08 bits per heavy atom. The molecule has 0 saturated heterocycles. The molecule has 26 heavy (non-hydrogen) atoms. The fraction of sp³-hybridized carbons (Fsp3) is 0.600. The monoisotopic (exact) mass is 358 g/mol. The van der Waals surface area contributed by atoms with E-state index in [-0.39, 0.29) is 5.41 Å². The molecule has 0 aliphatic heterocycles. The number of aliphatic hydroxyl groups excluding tert-OH is 1. The van der Waals surface area contributed by atoms with E-state index in [0.717, 1.165) is 51.2 Å². The molecule has 1 heteroatoms. The minimum atomic E-state index is 0.210. The lowest BCUT2D eigenvalue weighted by Gasteiger charge is -2.20. The molecule has 0 saturated carbocycles. The second kappa shape index (κ2) is 13.7. The summed E-state index contributed by atoms with van der Waals surface area (Å²) < 4.78 is 0. The Morgan fingerprint density at radius 3 is 2.38 bits per heavy atom. The second-order valence-electron chi connectivity index (χ2n) is 8.61. The first-order valence-electron chi connectivity index (χ1n) is 10.1. The molecule has 0 rings (SSSR count). The highest BCUT2D eigenvalue weighted by Crippen LogP contribution is 2.27. The van der Waals surface area contributed by atoms with Gasteiger partial charge < -0.3 is 5.11 Å². The van der Waals surface area contributed by atoms with Crippen LogP contribution in [0, 0.1) is 11.3 Å². The van der Waals surface area contributed by atoms with Crippen molar-refractivity contribution in [1.29, 1.82) is 0 Å². The van der Waals surface area contributed by atoms with Gasteiger partial charge in [0.15, 0.2) is 0 Å². The van der Waals surface area contributed by atoms with Gasteiger partial charge in [0.1, 0.15) is 0 Å². The molecule has 1 nitrogen and oxygen atoms in total. The molecule has 0 aromatic carbocycles. The summed E-state index contributed by atoms with van der Waals surface area (Å²) in [4.78, 5) is 0. The van der Waals surface area contributed by atoms with Crippen molar-refractivity contribution in [2.45, 2.75) is 86.5 Å². The quantitative estimate of drug-likeness (QED) is 0.258. The largest absolute Gasteiger partial charge is 0.516 e. The van der Waals surface area contributed by atoms with Gasteiger partial charge in [0.05, 0.1) is 6.26 Å². The number of aliphatic hydroxyl groups is 1. The van der Waals surface area contributed by atoms with Crippen LogP contribution in [0.5, 0.6) is 0 Å². The highest BCUT2D eigenvalue weighted by atomic mass is 16.2. The maximum atomic E-state index is 8.77. The normalized spacial score (nSPS) is 14.2. The average Bonchev–Trinajstić information content (AvgIpc) is 2.55. The van der Waals surface area contributed by atoms with E-state index in [2.05, 4.69) is 72.4 Å². The predicted octanol–water partition coefficient (Wildman–Crippen LogP) is 8.48. The first kappa shape index (κ1) is 24.5. The summed E-state index contributed by atoms with van der Waals surface area (Å²) in [6, 6.07) is 0. The third kappa shape index (κ3) is 14.8. The van der Waals surface area contributed by atoms with E-state index in [1.807, 2.05) is 6.08 Å². The van der Waals surface area contributed by atoms with Crippen molar-refractivity contribution < 1.29 is 5.11 Å². The highest BCUT2D eigenvalue weighted by Gasteiger charge is 2.13. The summed E-state index contributed by atoms with van der Waals surface area (Å²) in [5.74, 6) is 0.430. The van der Waals surface area contributed by atoms with Gasteiger partial charge in [0, 0.05) is 0 Å². The molecule has 1 atom stereocenters. The minimum absolute atomic E-state index is 0.210. The molecule has 1 unspecified atom stereocenters. The van der Waals surface area contributed by atoms with E-state index in [0.29, 0.717) is 5.92 Å². The maximum absolute atomic E-state index is 8.77. The SMILES string of the molecule is C=C(C/C=C(\C)CCC=C(C)C)CCC(C)(C)/C=C/CCC(C)/C=C\O. The molecule has 148 valence electrons. The number of hydrogen-bond donors (Lipinski definition) is 1. The first-order chi connectivity index (χ1) is 12.2. The molecule has 0 fully saturated rings. The van der Waals surface area contributed by atoms with Gasteiger partial charge in [-0.3, -0.25) is 0 Å². The average molecular weight is 359 g/mol. The Balaban J connectivity index is 4.16. The van der Waals surface area contributed by atoms with Gasteiger partial charge in [-0.25, -0.2) is 0 Å². The molecule has 0 radical (unpaired) electrons. The molecule has 0 bridgehead atoms. The molecular weight excluding hydrogens is 316 g/mol. The fourth-order valence-corrected chi connectivity index (χ4v) is 2.70. The third-order valence-corrected chi connectivity index (χ3v) is 4.73. The van der Waals surface area contributed by atoms with Crippen LogP contribution in [0.4, 0.5) is 0 Å². The van der Waals surface area contributed by atoms with Crippen LogP contribution in [0.15, 0.2) is 59.9 Å². The lowest BCUT2D eigenvalue weighted by Crippen LogP contribution is -2.07. The van der Waals surface area contributed by atoms with Crippen molar-refractivity contribution in [3.8, 4) is 0 Å². The van der Waals surface area contributed by atoms with Crippen LogP contribution in [-0.4, -0.2) is 5.11 Å². The highest BCUT2D eigenvalue weighted by molar-refractivity contribution is 5.10. The molecule has 1 N–H and O–H groups in total. The van der Waals surface area contributed by atoms with Crippen LogP contribution in [0.3, 0.4) is 0 Å². The van der Waals surface area contributed by atoms with Crippen molar-refractivity contribution >= 4 is 0 Å². The summed E-state index contributed by atoms with van der Waals surface area (Å²) in [6.07, 6.45) is 19.9. The van der Waals surface area contributed by atoms with Crippen molar-refractivity contribution in [1.82, 2.24) is 0 Å². The molecule has 0 heterocycles. The van der Waals surface area contributed by atoms with Crippen LogP contribution >= 0.6 is 0 Å². The van der Waals surface area contributed by atoms with E-state index < -0.39 is 0 Å². The van der Waals surface area contributed by atoms with E-state index in [1.165, 1.54) is 16.7 Å². The molecule has 0 aromatic rings. The van der Waals surface area contributed by atoms with Gasteiger partial charge in [0.25, 0.3) is 0 Å². The standard InChI is InChI=1S/C25H42O/c1-21(2)11-10-13-22(3)14-15-24(5)16-19-25(6,7)18-9-8-12-23(4)17-20-26/h9,11,14,17-18,20,23,26H,5,8,10,12-13,15-16,19H2,1-4,6-7H3/b18-9+,20-17-,22-14+. The van der Waals surface area contributed by atoms with Crippen molar-refractivity contribution in [2.75, 3.05) is 0 Å². The Hall–Kier alpha value is -1.50. The maximum Gasteiger partial charge on any atom is 0.0754 e. The van der Waals surface area contributed by atoms with Crippen LogP contribution in [0.2, 0.25) is 0 Å². The van der Waals surface area contributed by atoms with Gasteiger partial charge in [-0.1, -0.05) is 68.4 Å². The van der Waals surface area contributed by atoms with Gasteiger partial charge in [-0.2, -0.15) is 0 Å². The predicted molar refractivity (Wildman–Crippen MR) is 119 cm³/mol. The smallest absolute Gasteiger partial charge is 0.0754 e. The zero-order valence-corrected chi connectivity index (χ0v) is 18.1. The lowest BCUT2D eigenvalue weighted by molar-refractivity contribution is 0.434. The van der Waals surface area contributed by atoms with Crippen LogP contribution in [-0.2, 0) is 0 Å². The summed E-state index contributed by atoms with van der Waals surface area (Å²) in [6.45, 7) is 17.5. The van der Waals surface area contributed by atoms with Gasteiger partial charge in [-0.05, 0) is 83.1 Å². The zero-order chi connectivity index (χ0) is 20.0.